The predicted molar refractivity (Wildman–Crippen MR) is 122 cm³/mol. The van der Waals surface area contributed by atoms with Gasteiger partial charge >= 0.3 is 6.16 Å². The normalized spacial score (nSPS) is 19.1. The quantitative estimate of drug-likeness (QED) is 0.514. The highest BCUT2D eigenvalue weighted by Crippen LogP contribution is 2.36. The van der Waals surface area contributed by atoms with E-state index in [2.05, 4.69) is 9.88 Å². The van der Waals surface area contributed by atoms with Crippen LogP contribution in [0.15, 0.2) is 42.5 Å². The Morgan fingerprint density at radius 3 is 2.91 bits per heavy atom. The van der Waals surface area contributed by atoms with Crippen LogP contribution in [0.5, 0.6) is 11.6 Å². The number of hydrogen-bond donors (Lipinski definition) is 2. The molecule has 4 rings (SSSR count). The van der Waals surface area contributed by atoms with Crippen molar-refractivity contribution in [1.82, 2.24) is 9.88 Å². The number of nitrogens with zero attached hydrogens (tertiary/aromatic N) is 1. The Labute approximate surface area is 191 Å². The number of aromatic nitrogens is 1. The van der Waals surface area contributed by atoms with Crippen molar-refractivity contribution in [2.45, 2.75) is 31.9 Å². The Balaban J connectivity index is 1.63. The van der Waals surface area contributed by atoms with E-state index >= 15 is 0 Å². The van der Waals surface area contributed by atoms with Crippen LogP contribution in [0.1, 0.15) is 30.9 Å². The number of aliphatic hydroxyl groups is 1. The van der Waals surface area contributed by atoms with Crippen LogP contribution in [0.4, 0.5) is 4.79 Å². The third kappa shape index (κ3) is 4.70. The molecule has 170 valence electrons. The molecule has 1 unspecified atom stereocenters. The lowest BCUT2D eigenvalue weighted by Gasteiger charge is -2.39. The van der Waals surface area contributed by atoms with Crippen LogP contribution in [0.2, 0.25) is 5.02 Å². The van der Waals surface area contributed by atoms with Gasteiger partial charge in [0.15, 0.2) is 0 Å². The fourth-order valence-corrected chi connectivity index (χ4v) is 4.47. The summed E-state index contributed by atoms with van der Waals surface area (Å²) < 4.78 is 15.7. The van der Waals surface area contributed by atoms with E-state index in [1.807, 2.05) is 36.4 Å². The summed E-state index contributed by atoms with van der Waals surface area (Å²) in [5.41, 5.74) is 1.43. The molecule has 8 heteroatoms. The highest BCUT2D eigenvalue weighted by molar-refractivity contribution is 6.31. The number of aromatic amines is 1. The highest BCUT2D eigenvalue weighted by Gasteiger charge is 2.36. The minimum Gasteiger partial charge on any atom is -0.497 e. The first kappa shape index (κ1) is 22.5. The van der Waals surface area contributed by atoms with E-state index in [9.17, 15) is 9.90 Å². The van der Waals surface area contributed by atoms with E-state index in [4.69, 9.17) is 25.8 Å². The van der Waals surface area contributed by atoms with Crippen LogP contribution in [0.25, 0.3) is 10.9 Å². The molecule has 7 nitrogen and oxygen atoms in total. The standard InChI is InChI=1S/C24H27ClN2O5/c1-3-31-23(28)32-22-20(19-13-17(25)8-9-21(19)26-22)14-27-11-5-10-24(29,15-27)16-6-4-7-18(12-16)30-2/h4,6-9,12-13,26,29H,3,5,10-11,14-15H2,1-2H3. The molecule has 0 amide bonds. The lowest BCUT2D eigenvalue weighted by atomic mass is 9.85. The smallest absolute Gasteiger partial charge is 0.497 e. The summed E-state index contributed by atoms with van der Waals surface area (Å²) >= 11 is 6.24. The topological polar surface area (TPSA) is 84.0 Å². The van der Waals surface area contributed by atoms with Crippen molar-refractivity contribution in [1.29, 1.82) is 0 Å². The van der Waals surface area contributed by atoms with Crippen molar-refractivity contribution in [3.63, 3.8) is 0 Å². The first-order valence-electron chi connectivity index (χ1n) is 10.7. The molecule has 1 aliphatic rings. The number of ether oxygens (including phenoxy) is 3. The SMILES string of the molecule is CCOC(=O)Oc1[nH]c2ccc(Cl)cc2c1CN1CCCC(O)(c2cccc(OC)c2)C1. The van der Waals surface area contributed by atoms with Gasteiger partial charge in [-0.05, 0) is 62.2 Å². The van der Waals surface area contributed by atoms with Crippen molar-refractivity contribution in [3.8, 4) is 11.6 Å². The van der Waals surface area contributed by atoms with Crippen LogP contribution >= 0.6 is 11.6 Å². The number of likely N-dealkylation sites (tertiary alicyclic amines) is 1. The predicted octanol–water partition coefficient (Wildman–Crippen LogP) is 4.85. The van der Waals surface area contributed by atoms with Crippen molar-refractivity contribution < 1.29 is 24.1 Å². The Kier molecular flexibility index (Phi) is 6.60. The molecule has 0 radical (unpaired) electrons. The number of methoxy groups -OCH3 is 1. The van der Waals surface area contributed by atoms with E-state index < -0.39 is 11.8 Å². The molecule has 1 atom stereocenters. The molecule has 3 aromatic rings. The zero-order valence-corrected chi connectivity index (χ0v) is 18.9. The van der Waals surface area contributed by atoms with Crippen molar-refractivity contribution in [2.75, 3.05) is 26.8 Å². The van der Waals surface area contributed by atoms with Gasteiger partial charge in [0.1, 0.15) is 11.4 Å². The summed E-state index contributed by atoms with van der Waals surface area (Å²) in [5, 5.41) is 12.9. The number of halogens is 1. The van der Waals surface area contributed by atoms with Crippen LogP contribution in [-0.4, -0.2) is 48.0 Å². The number of rotatable bonds is 6. The second-order valence-corrected chi connectivity index (χ2v) is 8.42. The minimum absolute atomic E-state index is 0.222. The molecule has 1 saturated heterocycles. The maximum atomic E-state index is 12.0. The second kappa shape index (κ2) is 9.40. The third-order valence-corrected chi connectivity index (χ3v) is 6.05. The molecule has 2 heterocycles. The number of β-amino-alcohol motifs (C(OH)–C–C–N with tert-alkyl or cyclic N) is 1. The average Bonchev–Trinajstić information content (AvgIpc) is 3.10. The number of H-pyrrole nitrogens is 1. The number of nitrogens with one attached hydrogen (secondary N) is 1. The summed E-state index contributed by atoms with van der Waals surface area (Å²) in [7, 11) is 1.61. The van der Waals surface area contributed by atoms with Gasteiger partial charge in [-0.2, -0.15) is 0 Å². The maximum Gasteiger partial charge on any atom is 0.515 e. The Morgan fingerprint density at radius 1 is 1.28 bits per heavy atom. The number of hydrogen-bond acceptors (Lipinski definition) is 6. The fraction of sp³-hybridized carbons (Fsp3) is 0.375. The monoisotopic (exact) mass is 458 g/mol. The van der Waals surface area contributed by atoms with Crippen molar-refractivity contribution in [3.05, 3.63) is 58.6 Å². The first-order valence-corrected chi connectivity index (χ1v) is 11.0. The molecule has 32 heavy (non-hydrogen) atoms. The Bertz CT molecular complexity index is 1110. The largest absolute Gasteiger partial charge is 0.515 e. The van der Waals surface area contributed by atoms with E-state index in [1.165, 1.54) is 0 Å². The lowest BCUT2D eigenvalue weighted by Crippen LogP contribution is -2.45. The first-order chi connectivity index (χ1) is 15.4. The van der Waals surface area contributed by atoms with E-state index in [0.717, 1.165) is 35.0 Å². The van der Waals surface area contributed by atoms with E-state index in [0.29, 0.717) is 36.2 Å². The average molecular weight is 459 g/mol. The minimum atomic E-state index is -1.00. The number of carbonyl (C=O) groups excluding carboxylic acids is 1. The van der Waals surface area contributed by atoms with Crippen LogP contribution in [0, 0.1) is 0 Å². The van der Waals surface area contributed by atoms with Gasteiger partial charge in [-0.15, -0.1) is 0 Å². The third-order valence-electron chi connectivity index (χ3n) is 5.82. The maximum absolute atomic E-state index is 12.0. The van der Waals surface area contributed by atoms with E-state index in [-0.39, 0.29) is 6.61 Å². The molecule has 1 aromatic heterocycles. The van der Waals surface area contributed by atoms with Gasteiger partial charge in [-0.25, -0.2) is 4.79 Å². The van der Waals surface area contributed by atoms with Gasteiger partial charge in [-0.3, -0.25) is 4.90 Å². The molecule has 0 aliphatic carbocycles. The molecule has 1 aliphatic heterocycles. The summed E-state index contributed by atoms with van der Waals surface area (Å²) in [6.07, 6.45) is 0.714. The summed E-state index contributed by atoms with van der Waals surface area (Å²) in [5.74, 6) is 1.04. The van der Waals surface area contributed by atoms with Gasteiger partial charge < -0.3 is 24.3 Å². The molecule has 0 saturated carbocycles. The van der Waals surface area contributed by atoms with Crippen LogP contribution in [-0.2, 0) is 16.9 Å². The van der Waals surface area contributed by atoms with Crippen LogP contribution < -0.4 is 9.47 Å². The number of carbonyl (C=O) groups is 1. The van der Waals surface area contributed by atoms with Gasteiger partial charge in [0.05, 0.1) is 13.7 Å². The molecular formula is C24H27ClN2O5. The number of benzene rings is 2. The Hall–Kier alpha value is -2.74. The zero-order chi connectivity index (χ0) is 22.7. The molecule has 0 bridgehead atoms. The highest BCUT2D eigenvalue weighted by atomic mass is 35.5. The summed E-state index contributed by atoms with van der Waals surface area (Å²) in [6, 6.07) is 13.0. The van der Waals surface area contributed by atoms with E-state index in [1.54, 1.807) is 20.1 Å². The second-order valence-electron chi connectivity index (χ2n) is 7.99. The van der Waals surface area contributed by atoms with Gasteiger partial charge in [0.2, 0.25) is 5.88 Å². The van der Waals surface area contributed by atoms with Crippen molar-refractivity contribution in [2.24, 2.45) is 0 Å². The van der Waals surface area contributed by atoms with Gasteiger partial charge in [-0.1, -0.05) is 23.7 Å². The molecule has 1 fully saturated rings. The lowest BCUT2D eigenvalue weighted by molar-refractivity contribution is -0.0383. The fourth-order valence-electron chi connectivity index (χ4n) is 4.30. The summed E-state index contributed by atoms with van der Waals surface area (Å²) in [6.45, 7) is 3.66. The molecular weight excluding hydrogens is 432 g/mol. The van der Waals surface area contributed by atoms with Crippen molar-refractivity contribution >= 4 is 28.7 Å². The number of piperidine rings is 1. The number of fused-ring (bicyclic) bond motifs is 1. The summed E-state index contributed by atoms with van der Waals surface area (Å²) in [4.78, 5) is 17.3. The molecule has 2 aromatic carbocycles. The van der Waals surface area contributed by atoms with Gasteiger partial charge in [0, 0.05) is 34.6 Å². The molecule has 2 N–H and O–H groups in total. The zero-order valence-electron chi connectivity index (χ0n) is 18.2. The molecule has 0 spiro atoms. The Morgan fingerprint density at radius 2 is 2.12 bits per heavy atom. The van der Waals surface area contributed by atoms with Crippen LogP contribution in [0.3, 0.4) is 0 Å². The van der Waals surface area contributed by atoms with Gasteiger partial charge in [0.25, 0.3) is 0 Å².